The Labute approximate surface area is 201 Å². The SMILES string of the molecule is C=CCSc1nnc(NC(=O)c2ccc(CN(c3ccccc3OCC)S(C)(=O)=O)cc2)s1. The van der Waals surface area contributed by atoms with E-state index < -0.39 is 10.0 Å². The van der Waals surface area contributed by atoms with Gasteiger partial charge in [-0.2, -0.15) is 0 Å². The molecule has 0 spiro atoms. The van der Waals surface area contributed by atoms with Crippen LogP contribution in [-0.2, 0) is 16.6 Å². The molecule has 0 aliphatic heterocycles. The molecule has 2 aromatic carbocycles. The zero-order valence-electron chi connectivity index (χ0n) is 18.2. The Hall–Kier alpha value is -2.89. The predicted octanol–water partition coefficient (Wildman–Crippen LogP) is 4.43. The maximum Gasteiger partial charge on any atom is 0.257 e. The molecule has 1 N–H and O–H groups in total. The Morgan fingerprint density at radius 1 is 1.21 bits per heavy atom. The number of benzene rings is 2. The summed E-state index contributed by atoms with van der Waals surface area (Å²) in [5.41, 5.74) is 1.61. The van der Waals surface area contributed by atoms with Crippen molar-refractivity contribution in [3.63, 3.8) is 0 Å². The van der Waals surface area contributed by atoms with Crippen molar-refractivity contribution in [2.45, 2.75) is 17.8 Å². The van der Waals surface area contributed by atoms with Crippen LogP contribution in [0.1, 0.15) is 22.8 Å². The summed E-state index contributed by atoms with van der Waals surface area (Å²) < 4.78 is 32.7. The fourth-order valence-corrected chi connectivity index (χ4v) is 5.27. The molecule has 0 aliphatic rings. The van der Waals surface area contributed by atoms with Crippen LogP contribution >= 0.6 is 23.1 Å². The number of sulfonamides is 1. The number of carbonyl (C=O) groups excluding carboxylic acids is 1. The van der Waals surface area contributed by atoms with E-state index >= 15 is 0 Å². The minimum atomic E-state index is -3.58. The lowest BCUT2D eigenvalue weighted by atomic mass is 10.1. The minimum absolute atomic E-state index is 0.102. The van der Waals surface area contributed by atoms with Crippen LogP contribution < -0.4 is 14.4 Å². The van der Waals surface area contributed by atoms with Gasteiger partial charge in [0.2, 0.25) is 15.2 Å². The Bertz CT molecular complexity index is 1210. The third-order valence-electron chi connectivity index (χ3n) is 4.33. The van der Waals surface area contributed by atoms with Gasteiger partial charge in [-0.05, 0) is 36.8 Å². The molecule has 0 saturated carbocycles. The first-order chi connectivity index (χ1) is 15.8. The number of para-hydroxylation sites is 2. The van der Waals surface area contributed by atoms with Crippen molar-refractivity contribution in [1.82, 2.24) is 10.2 Å². The van der Waals surface area contributed by atoms with Crippen LogP contribution in [0.25, 0.3) is 0 Å². The van der Waals surface area contributed by atoms with E-state index in [1.165, 1.54) is 27.4 Å². The fourth-order valence-electron chi connectivity index (χ4n) is 2.87. The lowest BCUT2D eigenvalue weighted by Gasteiger charge is -2.24. The van der Waals surface area contributed by atoms with Crippen LogP contribution in [0.5, 0.6) is 5.75 Å². The van der Waals surface area contributed by atoms with Crippen LogP contribution in [-0.4, -0.2) is 43.1 Å². The molecule has 0 fully saturated rings. The van der Waals surface area contributed by atoms with Crippen molar-refractivity contribution in [1.29, 1.82) is 0 Å². The summed E-state index contributed by atoms with van der Waals surface area (Å²) in [5.74, 6) is 0.882. The first-order valence-electron chi connectivity index (χ1n) is 9.99. The number of hydrogen-bond donors (Lipinski definition) is 1. The van der Waals surface area contributed by atoms with E-state index in [0.717, 1.165) is 16.2 Å². The molecule has 8 nitrogen and oxygen atoms in total. The number of thioether (sulfide) groups is 1. The Balaban J connectivity index is 1.73. The van der Waals surface area contributed by atoms with Gasteiger partial charge in [-0.3, -0.25) is 14.4 Å². The molecule has 33 heavy (non-hydrogen) atoms. The molecule has 1 aromatic heterocycles. The van der Waals surface area contributed by atoms with E-state index in [2.05, 4.69) is 22.1 Å². The van der Waals surface area contributed by atoms with E-state index in [0.29, 0.717) is 34.5 Å². The van der Waals surface area contributed by atoms with E-state index in [9.17, 15) is 13.2 Å². The second-order valence-corrected chi connectivity index (χ2v) is 10.9. The molecule has 0 radical (unpaired) electrons. The lowest BCUT2D eigenvalue weighted by molar-refractivity contribution is 0.102. The van der Waals surface area contributed by atoms with Gasteiger partial charge in [-0.1, -0.05) is 53.4 Å². The number of amides is 1. The van der Waals surface area contributed by atoms with Crippen molar-refractivity contribution in [2.75, 3.05) is 28.2 Å². The molecular weight excluding hydrogens is 480 g/mol. The monoisotopic (exact) mass is 504 g/mol. The van der Waals surface area contributed by atoms with Gasteiger partial charge in [0.1, 0.15) is 5.75 Å². The predicted molar refractivity (Wildman–Crippen MR) is 134 cm³/mol. The number of nitrogens with zero attached hydrogens (tertiary/aromatic N) is 3. The first-order valence-corrected chi connectivity index (χ1v) is 13.6. The highest BCUT2D eigenvalue weighted by Crippen LogP contribution is 2.31. The highest BCUT2D eigenvalue weighted by molar-refractivity contribution is 8.01. The van der Waals surface area contributed by atoms with Crippen molar-refractivity contribution >= 4 is 49.8 Å². The van der Waals surface area contributed by atoms with Crippen molar-refractivity contribution < 1.29 is 17.9 Å². The van der Waals surface area contributed by atoms with Crippen LogP contribution in [0.3, 0.4) is 0 Å². The van der Waals surface area contributed by atoms with E-state index in [1.807, 2.05) is 6.92 Å². The molecular formula is C22H24N4O4S3. The molecule has 11 heteroatoms. The van der Waals surface area contributed by atoms with Crippen LogP contribution in [0, 0.1) is 0 Å². The third kappa shape index (κ3) is 6.80. The first kappa shape index (κ1) is 24.7. The van der Waals surface area contributed by atoms with Gasteiger partial charge in [0.15, 0.2) is 4.34 Å². The average molecular weight is 505 g/mol. The third-order valence-corrected chi connectivity index (χ3v) is 7.42. The van der Waals surface area contributed by atoms with Gasteiger partial charge < -0.3 is 4.74 Å². The minimum Gasteiger partial charge on any atom is -0.492 e. The second kappa shape index (κ2) is 11.3. The number of aromatic nitrogens is 2. The summed E-state index contributed by atoms with van der Waals surface area (Å²) in [5, 5.41) is 11.1. The summed E-state index contributed by atoms with van der Waals surface area (Å²) >= 11 is 2.78. The standard InChI is InChI=1S/C22H24N4O4S3/c1-4-14-31-22-25-24-21(32-22)23-20(27)17-12-10-16(11-13-17)15-26(33(3,28)29)18-8-6-7-9-19(18)30-5-2/h4,6-13H,1,5,14-15H2,2-3H3,(H,23,24,27). The molecule has 0 atom stereocenters. The molecule has 1 amide bonds. The topological polar surface area (TPSA) is 101 Å². The molecule has 3 rings (SSSR count). The van der Waals surface area contributed by atoms with Crippen LogP contribution in [0.15, 0.2) is 65.5 Å². The molecule has 1 heterocycles. The van der Waals surface area contributed by atoms with Gasteiger partial charge in [0, 0.05) is 11.3 Å². The number of rotatable bonds is 11. The lowest BCUT2D eigenvalue weighted by Crippen LogP contribution is -2.29. The number of carbonyl (C=O) groups is 1. The zero-order chi connectivity index (χ0) is 23.8. The van der Waals surface area contributed by atoms with Crippen LogP contribution in [0.2, 0.25) is 0 Å². The average Bonchev–Trinajstić information content (AvgIpc) is 3.23. The summed E-state index contributed by atoms with van der Waals surface area (Å²) in [4.78, 5) is 12.6. The number of ether oxygens (including phenoxy) is 1. The normalized spacial score (nSPS) is 11.1. The van der Waals surface area contributed by atoms with E-state index in [1.54, 1.807) is 54.6 Å². The largest absolute Gasteiger partial charge is 0.492 e. The maximum atomic E-state index is 12.6. The highest BCUT2D eigenvalue weighted by Gasteiger charge is 2.21. The quantitative estimate of drug-likeness (QED) is 0.234. The molecule has 0 saturated heterocycles. The fraction of sp³-hybridized carbons (Fsp3) is 0.227. The van der Waals surface area contributed by atoms with Gasteiger partial charge in [0.25, 0.3) is 5.91 Å². The van der Waals surface area contributed by atoms with Gasteiger partial charge in [-0.15, -0.1) is 16.8 Å². The molecule has 0 aliphatic carbocycles. The summed E-state index contributed by atoms with van der Waals surface area (Å²) in [6.45, 7) is 6.02. The number of anilines is 2. The second-order valence-electron chi connectivity index (χ2n) is 6.79. The van der Waals surface area contributed by atoms with Gasteiger partial charge >= 0.3 is 0 Å². The maximum absolute atomic E-state index is 12.6. The highest BCUT2D eigenvalue weighted by atomic mass is 32.2. The Morgan fingerprint density at radius 2 is 1.94 bits per heavy atom. The van der Waals surface area contributed by atoms with Crippen LogP contribution in [0.4, 0.5) is 10.8 Å². The molecule has 3 aromatic rings. The van der Waals surface area contributed by atoms with Crippen molar-refractivity contribution in [3.8, 4) is 5.75 Å². The van der Waals surface area contributed by atoms with Crippen molar-refractivity contribution in [3.05, 3.63) is 72.3 Å². The number of nitrogens with one attached hydrogen (secondary N) is 1. The molecule has 0 unspecified atom stereocenters. The smallest absolute Gasteiger partial charge is 0.257 e. The summed E-state index contributed by atoms with van der Waals surface area (Å²) in [6, 6.07) is 13.7. The zero-order valence-corrected chi connectivity index (χ0v) is 20.7. The molecule has 0 bridgehead atoms. The van der Waals surface area contributed by atoms with Crippen molar-refractivity contribution in [2.24, 2.45) is 0 Å². The van der Waals surface area contributed by atoms with Gasteiger partial charge in [-0.25, -0.2) is 8.42 Å². The van der Waals surface area contributed by atoms with E-state index in [4.69, 9.17) is 4.74 Å². The summed E-state index contributed by atoms with van der Waals surface area (Å²) in [6.07, 6.45) is 2.92. The Kier molecular flexibility index (Phi) is 8.48. The van der Waals surface area contributed by atoms with E-state index in [-0.39, 0.29) is 12.5 Å². The molecule has 174 valence electrons. The van der Waals surface area contributed by atoms with Gasteiger partial charge in [0.05, 0.1) is 25.1 Å². The Morgan fingerprint density at radius 3 is 2.61 bits per heavy atom. The number of hydrogen-bond acceptors (Lipinski definition) is 8. The summed E-state index contributed by atoms with van der Waals surface area (Å²) in [7, 11) is -3.58.